The molecule has 0 amide bonds. The van der Waals surface area contributed by atoms with E-state index in [4.69, 9.17) is 14.7 Å². The summed E-state index contributed by atoms with van der Waals surface area (Å²) in [6, 6.07) is 13.6. The van der Waals surface area contributed by atoms with Gasteiger partial charge in [0.1, 0.15) is 13.2 Å². The summed E-state index contributed by atoms with van der Waals surface area (Å²) in [5, 5.41) is 8.85. The van der Waals surface area contributed by atoms with Crippen LogP contribution in [0.15, 0.2) is 42.7 Å². The molecule has 0 unspecified atom stereocenters. The monoisotopic (exact) mass is 291 g/mol. The molecule has 0 bridgehead atoms. The predicted molar refractivity (Wildman–Crippen MR) is 81.0 cm³/mol. The van der Waals surface area contributed by atoms with Crippen molar-refractivity contribution >= 4 is 11.0 Å². The first kappa shape index (κ1) is 12.7. The fourth-order valence-electron chi connectivity index (χ4n) is 2.60. The van der Waals surface area contributed by atoms with Gasteiger partial charge in [0.2, 0.25) is 0 Å². The van der Waals surface area contributed by atoms with Crippen molar-refractivity contribution in [2.75, 3.05) is 13.2 Å². The Labute approximate surface area is 127 Å². The summed E-state index contributed by atoms with van der Waals surface area (Å²) in [4.78, 5) is 4.43. The molecule has 2 aromatic carbocycles. The Hall–Kier alpha value is -3.00. The number of nitrogens with zero attached hydrogens (tertiary/aromatic N) is 3. The highest BCUT2D eigenvalue weighted by atomic mass is 16.6. The Balaban J connectivity index is 1.70. The maximum absolute atomic E-state index is 8.85. The van der Waals surface area contributed by atoms with Crippen LogP contribution in [0.4, 0.5) is 0 Å². The lowest BCUT2D eigenvalue weighted by Crippen LogP contribution is -2.15. The van der Waals surface area contributed by atoms with Crippen molar-refractivity contribution < 1.29 is 9.47 Å². The minimum atomic E-state index is 0.572. The summed E-state index contributed by atoms with van der Waals surface area (Å²) in [5.74, 6) is 1.52. The SMILES string of the molecule is N#Cc1ccc(Cn2cnc3cc4c(cc32)OCCO4)cc1. The third-order valence-electron chi connectivity index (χ3n) is 3.72. The molecule has 0 N–H and O–H groups in total. The minimum Gasteiger partial charge on any atom is -0.486 e. The standard InChI is InChI=1S/C17H13N3O2/c18-9-12-1-3-13(4-2-12)10-20-11-19-14-7-16-17(8-15(14)20)22-6-5-21-16/h1-4,7-8,11H,5-6,10H2. The summed E-state index contributed by atoms with van der Waals surface area (Å²) in [7, 11) is 0. The summed E-state index contributed by atoms with van der Waals surface area (Å²) in [5.41, 5.74) is 3.68. The second kappa shape index (κ2) is 5.08. The maximum Gasteiger partial charge on any atom is 0.163 e. The Kier molecular flexibility index (Phi) is 2.94. The lowest BCUT2D eigenvalue weighted by Gasteiger charge is -2.18. The Morgan fingerprint density at radius 1 is 1.09 bits per heavy atom. The number of imidazole rings is 1. The first-order chi connectivity index (χ1) is 10.8. The van der Waals surface area contributed by atoms with Crippen LogP contribution in [-0.4, -0.2) is 22.8 Å². The van der Waals surface area contributed by atoms with Crippen molar-refractivity contribution in [1.82, 2.24) is 9.55 Å². The number of aromatic nitrogens is 2. The number of ether oxygens (including phenoxy) is 2. The van der Waals surface area contributed by atoms with E-state index >= 15 is 0 Å². The van der Waals surface area contributed by atoms with E-state index in [0.29, 0.717) is 25.3 Å². The molecule has 0 fully saturated rings. The zero-order chi connectivity index (χ0) is 14.9. The van der Waals surface area contributed by atoms with Gasteiger partial charge in [-0.15, -0.1) is 0 Å². The van der Waals surface area contributed by atoms with E-state index in [-0.39, 0.29) is 0 Å². The molecule has 2 heterocycles. The fraction of sp³-hybridized carbons (Fsp3) is 0.176. The molecular formula is C17H13N3O2. The number of benzene rings is 2. The summed E-state index contributed by atoms with van der Waals surface area (Å²) in [6.07, 6.45) is 1.81. The van der Waals surface area contributed by atoms with Gasteiger partial charge in [0.15, 0.2) is 11.5 Å². The minimum absolute atomic E-state index is 0.572. The van der Waals surface area contributed by atoms with E-state index in [1.807, 2.05) is 42.7 Å². The second-order valence-electron chi connectivity index (χ2n) is 5.17. The average molecular weight is 291 g/mol. The van der Waals surface area contributed by atoms with E-state index in [1.54, 1.807) is 0 Å². The van der Waals surface area contributed by atoms with Crippen LogP contribution in [0.3, 0.4) is 0 Å². The molecule has 0 spiro atoms. The van der Waals surface area contributed by atoms with Crippen molar-refractivity contribution in [2.24, 2.45) is 0 Å². The average Bonchev–Trinajstić information content (AvgIpc) is 2.95. The van der Waals surface area contributed by atoms with Crippen LogP contribution in [0.5, 0.6) is 11.5 Å². The first-order valence-corrected chi connectivity index (χ1v) is 7.07. The molecule has 0 saturated heterocycles. The molecule has 108 valence electrons. The van der Waals surface area contributed by atoms with Gasteiger partial charge in [-0.25, -0.2) is 4.98 Å². The van der Waals surface area contributed by atoms with Crippen molar-refractivity contribution in [2.45, 2.75) is 6.54 Å². The third kappa shape index (κ3) is 2.15. The number of rotatable bonds is 2. The molecule has 1 aromatic heterocycles. The number of hydrogen-bond acceptors (Lipinski definition) is 4. The molecule has 0 radical (unpaired) electrons. The van der Waals surface area contributed by atoms with E-state index in [9.17, 15) is 0 Å². The molecule has 5 heteroatoms. The van der Waals surface area contributed by atoms with Crippen molar-refractivity contribution in [3.8, 4) is 17.6 Å². The topological polar surface area (TPSA) is 60.1 Å². The van der Waals surface area contributed by atoms with Gasteiger partial charge in [-0.2, -0.15) is 5.26 Å². The van der Waals surface area contributed by atoms with E-state index in [1.165, 1.54) is 0 Å². The van der Waals surface area contributed by atoms with Crippen molar-refractivity contribution in [3.63, 3.8) is 0 Å². The van der Waals surface area contributed by atoms with E-state index < -0.39 is 0 Å². The molecule has 0 atom stereocenters. The summed E-state index contributed by atoms with van der Waals surface area (Å²) < 4.78 is 13.3. The molecule has 3 aromatic rings. The third-order valence-corrected chi connectivity index (χ3v) is 3.72. The zero-order valence-corrected chi connectivity index (χ0v) is 11.8. The van der Waals surface area contributed by atoms with Gasteiger partial charge >= 0.3 is 0 Å². The van der Waals surface area contributed by atoms with Gasteiger partial charge in [-0.05, 0) is 17.7 Å². The summed E-state index contributed by atoms with van der Waals surface area (Å²) in [6.45, 7) is 1.84. The van der Waals surface area contributed by atoms with Crippen LogP contribution < -0.4 is 9.47 Å². The van der Waals surface area contributed by atoms with Crippen molar-refractivity contribution in [1.29, 1.82) is 5.26 Å². The second-order valence-corrected chi connectivity index (χ2v) is 5.17. The normalized spacial score (nSPS) is 13.0. The predicted octanol–water partition coefficient (Wildman–Crippen LogP) is 2.73. The number of fused-ring (bicyclic) bond motifs is 2. The van der Waals surface area contributed by atoms with Crippen LogP contribution >= 0.6 is 0 Å². The highest BCUT2D eigenvalue weighted by Crippen LogP contribution is 2.34. The van der Waals surface area contributed by atoms with Gasteiger partial charge in [-0.1, -0.05) is 12.1 Å². The van der Waals surface area contributed by atoms with Gasteiger partial charge in [0.05, 0.1) is 29.0 Å². The molecular weight excluding hydrogens is 278 g/mol. The largest absolute Gasteiger partial charge is 0.486 e. The van der Waals surface area contributed by atoms with Crippen LogP contribution in [0.2, 0.25) is 0 Å². The molecule has 1 aliphatic rings. The number of hydrogen-bond donors (Lipinski definition) is 0. The zero-order valence-electron chi connectivity index (χ0n) is 11.8. The Bertz CT molecular complexity index is 875. The molecule has 5 nitrogen and oxygen atoms in total. The first-order valence-electron chi connectivity index (χ1n) is 7.07. The lowest BCUT2D eigenvalue weighted by molar-refractivity contribution is 0.172. The molecule has 0 saturated carbocycles. The van der Waals surface area contributed by atoms with Gasteiger partial charge in [0, 0.05) is 18.7 Å². The van der Waals surface area contributed by atoms with Crippen LogP contribution in [0.1, 0.15) is 11.1 Å². The quantitative estimate of drug-likeness (QED) is 0.728. The van der Waals surface area contributed by atoms with Crippen LogP contribution in [0, 0.1) is 11.3 Å². The number of nitriles is 1. The van der Waals surface area contributed by atoms with Gasteiger partial charge < -0.3 is 14.0 Å². The van der Waals surface area contributed by atoms with Crippen LogP contribution in [-0.2, 0) is 6.54 Å². The van der Waals surface area contributed by atoms with E-state index in [2.05, 4.69) is 15.6 Å². The maximum atomic E-state index is 8.85. The molecule has 22 heavy (non-hydrogen) atoms. The lowest BCUT2D eigenvalue weighted by atomic mass is 10.1. The highest BCUT2D eigenvalue weighted by molar-refractivity contribution is 5.80. The molecule has 4 rings (SSSR count). The van der Waals surface area contributed by atoms with E-state index in [0.717, 1.165) is 28.1 Å². The summed E-state index contributed by atoms with van der Waals surface area (Å²) >= 11 is 0. The van der Waals surface area contributed by atoms with Gasteiger partial charge in [-0.3, -0.25) is 0 Å². The molecule has 1 aliphatic heterocycles. The van der Waals surface area contributed by atoms with Gasteiger partial charge in [0.25, 0.3) is 0 Å². The fourth-order valence-corrected chi connectivity index (χ4v) is 2.60. The highest BCUT2D eigenvalue weighted by Gasteiger charge is 2.15. The Morgan fingerprint density at radius 3 is 2.55 bits per heavy atom. The van der Waals surface area contributed by atoms with Crippen molar-refractivity contribution in [3.05, 3.63) is 53.9 Å². The smallest absolute Gasteiger partial charge is 0.163 e. The Morgan fingerprint density at radius 2 is 1.82 bits per heavy atom. The van der Waals surface area contributed by atoms with Crippen LogP contribution in [0.25, 0.3) is 11.0 Å². The molecule has 0 aliphatic carbocycles.